The third-order valence-corrected chi connectivity index (χ3v) is 6.52. The number of hydrogen-bond donors (Lipinski definition) is 0. The van der Waals surface area contributed by atoms with Gasteiger partial charge in [0.1, 0.15) is 0 Å². The Morgan fingerprint density at radius 2 is 1.61 bits per heavy atom. The van der Waals surface area contributed by atoms with Crippen molar-refractivity contribution in [2.45, 2.75) is 84.5 Å². The highest BCUT2D eigenvalue weighted by Gasteiger charge is 2.62. The number of rotatable bonds is 8. The Morgan fingerprint density at radius 1 is 0.944 bits per heavy atom. The molecule has 3 rings (SSSR count). The molecule has 3 aliphatic carbocycles. The van der Waals surface area contributed by atoms with Gasteiger partial charge in [0.2, 0.25) is 0 Å². The molecule has 3 atom stereocenters. The van der Waals surface area contributed by atoms with E-state index in [0.29, 0.717) is 0 Å². The van der Waals surface area contributed by atoms with Crippen molar-refractivity contribution < 1.29 is 0 Å². The Kier molecular flexibility index (Phi) is 3.74. The van der Waals surface area contributed by atoms with E-state index in [-0.39, 0.29) is 0 Å². The number of unbranched alkanes of at least 4 members (excludes halogenated alkanes) is 2. The third-order valence-electron chi connectivity index (χ3n) is 6.52. The molecule has 3 unspecified atom stereocenters. The fourth-order valence-electron chi connectivity index (χ4n) is 4.81. The van der Waals surface area contributed by atoms with E-state index in [9.17, 15) is 0 Å². The van der Waals surface area contributed by atoms with Crippen LogP contribution in [0.5, 0.6) is 0 Å². The molecule has 3 aliphatic rings. The molecule has 18 heavy (non-hydrogen) atoms. The second-order valence-electron chi connectivity index (χ2n) is 7.77. The monoisotopic (exact) mass is 248 g/mol. The van der Waals surface area contributed by atoms with Crippen molar-refractivity contribution in [2.24, 2.45) is 29.1 Å². The Balaban J connectivity index is 1.55. The zero-order valence-electron chi connectivity index (χ0n) is 12.6. The summed E-state index contributed by atoms with van der Waals surface area (Å²) in [5.74, 6) is 4.45. The molecular weight excluding hydrogens is 216 g/mol. The maximum absolute atomic E-state index is 2.58. The fourth-order valence-corrected chi connectivity index (χ4v) is 4.81. The summed E-state index contributed by atoms with van der Waals surface area (Å²) in [4.78, 5) is 0. The second-order valence-corrected chi connectivity index (χ2v) is 7.77. The van der Waals surface area contributed by atoms with Crippen LogP contribution in [0.2, 0.25) is 0 Å². The van der Waals surface area contributed by atoms with Crippen molar-refractivity contribution in [3.8, 4) is 0 Å². The minimum absolute atomic E-state index is 0.833. The summed E-state index contributed by atoms with van der Waals surface area (Å²) in [5.41, 5.74) is 0.833. The van der Waals surface area contributed by atoms with Crippen molar-refractivity contribution in [1.82, 2.24) is 0 Å². The predicted octanol–water partition coefficient (Wildman–Crippen LogP) is 5.81. The molecule has 3 saturated carbocycles. The molecule has 0 nitrogen and oxygen atoms in total. The zero-order valence-corrected chi connectivity index (χ0v) is 12.6. The molecule has 0 heteroatoms. The van der Waals surface area contributed by atoms with Crippen molar-refractivity contribution in [1.29, 1.82) is 0 Å². The smallest absolute Gasteiger partial charge is 0.0233 e. The molecule has 104 valence electrons. The molecule has 3 fully saturated rings. The minimum Gasteiger partial charge on any atom is -0.0654 e. The molecule has 0 radical (unpaired) electrons. The standard InChI is InChI=1S/C18H32/c1-3-4-5-9-17-14(2)18(17,13-16-10-11-16)12-15-7-6-8-15/h14-17H,3-13H2,1-2H3. The summed E-state index contributed by atoms with van der Waals surface area (Å²) >= 11 is 0. The van der Waals surface area contributed by atoms with E-state index in [1.165, 1.54) is 25.7 Å². The molecule has 0 heterocycles. The van der Waals surface area contributed by atoms with Crippen molar-refractivity contribution in [3.05, 3.63) is 0 Å². The molecule has 0 spiro atoms. The van der Waals surface area contributed by atoms with Crippen LogP contribution < -0.4 is 0 Å². The lowest BCUT2D eigenvalue weighted by Crippen LogP contribution is -2.19. The van der Waals surface area contributed by atoms with Gasteiger partial charge in [-0.25, -0.2) is 0 Å². The van der Waals surface area contributed by atoms with Crippen LogP contribution in [0.25, 0.3) is 0 Å². The molecule has 0 aromatic rings. The molecule has 0 saturated heterocycles. The van der Waals surface area contributed by atoms with Crippen molar-refractivity contribution in [3.63, 3.8) is 0 Å². The SMILES string of the molecule is CCCCCC1C(C)C1(CC1CCC1)CC1CC1. The Hall–Kier alpha value is 0. The predicted molar refractivity (Wildman–Crippen MR) is 78.5 cm³/mol. The van der Waals surface area contributed by atoms with Gasteiger partial charge in [-0.1, -0.05) is 65.2 Å². The van der Waals surface area contributed by atoms with Gasteiger partial charge in [0, 0.05) is 0 Å². The summed E-state index contributed by atoms with van der Waals surface area (Å²) in [5, 5.41) is 0. The summed E-state index contributed by atoms with van der Waals surface area (Å²) in [7, 11) is 0. The van der Waals surface area contributed by atoms with Crippen LogP contribution in [-0.4, -0.2) is 0 Å². The van der Waals surface area contributed by atoms with Gasteiger partial charge in [-0.05, 0) is 48.3 Å². The quantitative estimate of drug-likeness (QED) is 0.475. The van der Waals surface area contributed by atoms with Crippen LogP contribution in [0.15, 0.2) is 0 Å². The lowest BCUT2D eigenvalue weighted by atomic mass is 9.74. The highest BCUT2D eigenvalue weighted by molar-refractivity contribution is 5.10. The van der Waals surface area contributed by atoms with Crippen LogP contribution in [0.1, 0.15) is 84.5 Å². The Labute approximate surface area is 114 Å². The Morgan fingerprint density at radius 3 is 2.11 bits per heavy atom. The largest absolute Gasteiger partial charge is 0.0654 e. The van der Waals surface area contributed by atoms with Crippen LogP contribution in [0.3, 0.4) is 0 Å². The fraction of sp³-hybridized carbons (Fsp3) is 1.00. The van der Waals surface area contributed by atoms with Gasteiger partial charge in [-0.3, -0.25) is 0 Å². The molecule has 0 aromatic carbocycles. The average molecular weight is 248 g/mol. The maximum atomic E-state index is 2.58. The number of hydrogen-bond acceptors (Lipinski definition) is 0. The van der Waals surface area contributed by atoms with E-state index in [0.717, 1.165) is 29.1 Å². The summed E-state index contributed by atoms with van der Waals surface area (Å²) in [6, 6.07) is 0. The lowest BCUT2D eigenvalue weighted by Gasteiger charge is -2.31. The molecule has 0 bridgehead atoms. The highest BCUT2D eigenvalue weighted by Crippen LogP contribution is 2.69. The van der Waals surface area contributed by atoms with E-state index >= 15 is 0 Å². The van der Waals surface area contributed by atoms with Crippen molar-refractivity contribution in [2.75, 3.05) is 0 Å². The topological polar surface area (TPSA) is 0 Å². The van der Waals surface area contributed by atoms with E-state index in [2.05, 4.69) is 13.8 Å². The first-order valence-electron chi connectivity index (χ1n) is 8.76. The minimum atomic E-state index is 0.833. The molecule has 0 aliphatic heterocycles. The summed E-state index contributed by atoms with van der Waals surface area (Å²) in [6.45, 7) is 4.92. The van der Waals surface area contributed by atoms with Crippen molar-refractivity contribution >= 4 is 0 Å². The first-order chi connectivity index (χ1) is 8.76. The highest BCUT2D eigenvalue weighted by atomic mass is 14.7. The summed E-state index contributed by atoms with van der Waals surface area (Å²) in [6.07, 6.45) is 16.9. The van der Waals surface area contributed by atoms with Gasteiger partial charge >= 0.3 is 0 Å². The Bertz CT molecular complexity index is 274. The summed E-state index contributed by atoms with van der Waals surface area (Å²) < 4.78 is 0. The van der Waals surface area contributed by atoms with Gasteiger partial charge in [0.05, 0.1) is 0 Å². The molecule has 0 N–H and O–H groups in total. The van der Waals surface area contributed by atoms with Crippen LogP contribution in [0, 0.1) is 29.1 Å². The maximum Gasteiger partial charge on any atom is -0.0233 e. The van der Waals surface area contributed by atoms with Gasteiger partial charge in [-0.2, -0.15) is 0 Å². The van der Waals surface area contributed by atoms with Crippen LogP contribution in [0.4, 0.5) is 0 Å². The second kappa shape index (κ2) is 5.17. The average Bonchev–Trinajstić information content (AvgIpc) is 3.19. The van der Waals surface area contributed by atoms with E-state index in [4.69, 9.17) is 0 Å². The van der Waals surface area contributed by atoms with E-state index < -0.39 is 0 Å². The molecule has 0 aromatic heterocycles. The van der Waals surface area contributed by atoms with Crippen LogP contribution in [-0.2, 0) is 0 Å². The molecular formula is C18H32. The van der Waals surface area contributed by atoms with Crippen LogP contribution >= 0.6 is 0 Å². The van der Waals surface area contributed by atoms with E-state index in [1.807, 2.05) is 0 Å². The van der Waals surface area contributed by atoms with E-state index in [1.54, 1.807) is 44.9 Å². The first-order valence-corrected chi connectivity index (χ1v) is 8.76. The van der Waals surface area contributed by atoms with Gasteiger partial charge in [0.25, 0.3) is 0 Å². The zero-order chi connectivity index (χ0) is 12.6. The van der Waals surface area contributed by atoms with Gasteiger partial charge in [0.15, 0.2) is 0 Å². The third kappa shape index (κ3) is 2.49. The lowest BCUT2D eigenvalue weighted by molar-refractivity contribution is 0.202. The molecule has 0 amide bonds. The first kappa shape index (κ1) is 13.0. The normalized spacial score (nSPS) is 39.7. The van der Waals surface area contributed by atoms with Gasteiger partial charge in [-0.15, -0.1) is 0 Å². The van der Waals surface area contributed by atoms with Gasteiger partial charge < -0.3 is 0 Å².